The van der Waals surface area contributed by atoms with Crippen molar-refractivity contribution in [1.82, 2.24) is 5.32 Å². The number of anilines is 1. The fourth-order valence-corrected chi connectivity index (χ4v) is 1.69. The zero-order valence-electron chi connectivity index (χ0n) is 7.10. The summed E-state index contributed by atoms with van der Waals surface area (Å²) in [5.41, 5.74) is 1.74. The number of carbonyl (C=O) groups is 1. The Balaban J connectivity index is 2.54. The second kappa shape index (κ2) is 2.92. The molecule has 2 rings (SSSR count). The monoisotopic (exact) mass is 196 g/mol. The van der Waals surface area contributed by atoms with Gasteiger partial charge in [0, 0.05) is 0 Å². The maximum absolute atomic E-state index is 11.1. The third-order valence-corrected chi connectivity index (χ3v) is 2.41. The predicted molar refractivity (Wildman–Crippen MR) is 52.0 cm³/mol. The average molecular weight is 197 g/mol. The van der Waals surface area contributed by atoms with E-state index in [2.05, 4.69) is 10.6 Å². The number of para-hydroxylation sites is 1. The van der Waals surface area contributed by atoms with Crippen LogP contribution in [0.25, 0.3) is 0 Å². The fraction of sp³-hybridized carbons (Fsp3) is 0.222. The summed E-state index contributed by atoms with van der Waals surface area (Å²) in [5.74, 6) is 0. The molecule has 1 aliphatic rings. The van der Waals surface area contributed by atoms with Crippen molar-refractivity contribution >= 4 is 23.3 Å². The molecule has 0 aliphatic carbocycles. The Labute approximate surface area is 81.1 Å². The first kappa shape index (κ1) is 8.38. The number of benzene rings is 1. The Morgan fingerprint density at radius 3 is 3.00 bits per heavy atom. The van der Waals surface area contributed by atoms with Gasteiger partial charge in [-0.1, -0.05) is 23.7 Å². The van der Waals surface area contributed by atoms with Crippen molar-refractivity contribution in [2.45, 2.75) is 13.0 Å². The van der Waals surface area contributed by atoms with Crippen LogP contribution in [0.3, 0.4) is 0 Å². The first-order chi connectivity index (χ1) is 6.18. The lowest BCUT2D eigenvalue weighted by Crippen LogP contribution is -2.36. The second-order valence-corrected chi connectivity index (χ2v) is 3.43. The van der Waals surface area contributed by atoms with Gasteiger partial charge < -0.3 is 10.6 Å². The van der Waals surface area contributed by atoms with E-state index in [1.54, 1.807) is 6.07 Å². The molecule has 0 fully saturated rings. The summed E-state index contributed by atoms with van der Waals surface area (Å²) in [5, 5.41) is 6.01. The smallest absolute Gasteiger partial charge is 0.319 e. The summed E-state index contributed by atoms with van der Waals surface area (Å²) < 4.78 is 0. The average Bonchev–Trinajstić information content (AvgIpc) is 2.07. The molecule has 0 saturated carbocycles. The minimum absolute atomic E-state index is 0.0162. The molecule has 3 nitrogen and oxygen atoms in total. The molecule has 0 saturated heterocycles. The highest BCUT2D eigenvalue weighted by atomic mass is 35.5. The van der Waals surface area contributed by atoms with Gasteiger partial charge in [0.25, 0.3) is 0 Å². The largest absolute Gasteiger partial charge is 0.331 e. The number of fused-ring (bicyclic) bond motifs is 1. The Morgan fingerprint density at radius 1 is 1.46 bits per heavy atom. The van der Waals surface area contributed by atoms with Crippen LogP contribution in [0.1, 0.15) is 18.5 Å². The van der Waals surface area contributed by atoms with E-state index >= 15 is 0 Å². The molecule has 4 heteroatoms. The topological polar surface area (TPSA) is 41.1 Å². The molecule has 1 unspecified atom stereocenters. The first-order valence-electron chi connectivity index (χ1n) is 4.04. The Hall–Kier alpha value is -1.22. The zero-order valence-corrected chi connectivity index (χ0v) is 7.85. The van der Waals surface area contributed by atoms with Crippen molar-refractivity contribution in [3.05, 3.63) is 28.8 Å². The number of urea groups is 1. The van der Waals surface area contributed by atoms with E-state index in [1.165, 1.54) is 0 Å². The highest BCUT2D eigenvalue weighted by Crippen LogP contribution is 2.32. The molecule has 68 valence electrons. The van der Waals surface area contributed by atoms with Crippen LogP contribution >= 0.6 is 11.6 Å². The van der Waals surface area contributed by atoms with E-state index in [1.807, 2.05) is 19.1 Å². The molecule has 1 heterocycles. The molecule has 1 aromatic carbocycles. The lowest BCUT2D eigenvalue weighted by molar-refractivity contribution is 0.248. The molecule has 1 atom stereocenters. The van der Waals surface area contributed by atoms with Crippen LogP contribution in [0.5, 0.6) is 0 Å². The number of nitrogens with one attached hydrogen (secondary N) is 2. The minimum atomic E-state index is -0.201. The quantitative estimate of drug-likeness (QED) is 0.658. The van der Waals surface area contributed by atoms with E-state index in [0.717, 1.165) is 11.3 Å². The Bertz CT molecular complexity index is 365. The standard InChI is InChI=1S/C9H9ClN2O/c1-5-6-3-2-4-7(10)8(6)12-9(13)11-5/h2-5H,1H3,(H2,11,12,13). The van der Waals surface area contributed by atoms with E-state index in [4.69, 9.17) is 11.6 Å². The van der Waals surface area contributed by atoms with E-state index in [-0.39, 0.29) is 12.1 Å². The molecular weight excluding hydrogens is 188 g/mol. The lowest BCUT2D eigenvalue weighted by Gasteiger charge is -2.24. The molecule has 0 radical (unpaired) electrons. The van der Waals surface area contributed by atoms with Crippen molar-refractivity contribution in [3.63, 3.8) is 0 Å². The molecule has 0 spiro atoms. The van der Waals surface area contributed by atoms with Crippen LogP contribution in [0.15, 0.2) is 18.2 Å². The summed E-state index contributed by atoms with van der Waals surface area (Å²) in [7, 11) is 0. The molecule has 2 N–H and O–H groups in total. The molecule has 13 heavy (non-hydrogen) atoms. The van der Waals surface area contributed by atoms with Crippen LogP contribution in [-0.4, -0.2) is 6.03 Å². The zero-order chi connectivity index (χ0) is 9.42. The lowest BCUT2D eigenvalue weighted by atomic mass is 10.0. The molecule has 2 amide bonds. The Kier molecular flexibility index (Phi) is 1.88. The van der Waals surface area contributed by atoms with Crippen molar-refractivity contribution in [3.8, 4) is 0 Å². The third-order valence-electron chi connectivity index (χ3n) is 2.10. The van der Waals surface area contributed by atoms with E-state index < -0.39 is 0 Å². The molecule has 0 aromatic heterocycles. The van der Waals surface area contributed by atoms with Gasteiger partial charge in [0.1, 0.15) is 0 Å². The van der Waals surface area contributed by atoms with E-state index in [9.17, 15) is 4.79 Å². The van der Waals surface area contributed by atoms with Crippen LogP contribution in [-0.2, 0) is 0 Å². The van der Waals surface area contributed by atoms with Gasteiger partial charge in [-0.05, 0) is 18.6 Å². The molecule has 0 bridgehead atoms. The van der Waals surface area contributed by atoms with Crippen molar-refractivity contribution in [2.24, 2.45) is 0 Å². The van der Waals surface area contributed by atoms with E-state index in [0.29, 0.717) is 5.02 Å². The van der Waals surface area contributed by atoms with Gasteiger partial charge in [-0.2, -0.15) is 0 Å². The van der Waals surface area contributed by atoms with Gasteiger partial charge in [-0.25, -0.2) is 4.79 Å². The van der Waals surface area contributed by atoms with Gasteiger partial charge >= 0.3 is 6.03 Å². The minimum Gasteiger partial charge on any atom is -0.331 e. The maximum Gasteiger partial charge on any atom is 0.319 e. The Morgan fingerprint density at radius 2 is 2.23 bits per heavy atom. The predicted octanol–water partition coefficient (Wildman–Crippen LogP) is 2.54. The van der Waals surface area contributed by atoms with Crippen molar-refractivity contribution < 1.29 is 4.79 Å². The number of halogens is 1. The number of amides is 2. The fourth-order valence-electron chi connectivity index (χ4n) is 1.46. The third kappa shape index (κ3) is 1.35. The van der Waals surface area contributed by atoms with Crippen LogP contribution < -0.4 is 10.6 Å². The summed E-state index contributed by atoms with van der Waals surface area (Å²) >= 11 is 5.93. The van der Waals surface area contributed by atoms with Gasteiger partial charge in [-0.3, -0.25) is 0 Å². The van der Waals surface area contributed by atoms with Crippen LogP contribution in [0.2, 0.25) is 5.02 Å². The second-order valence-electron chi connectivity index (χ2n) is 3.02. The van der Waals surface area contributed by atoms with Gasteiger partial charge in [-0.15, -0.1) is 0 Å². The molecular formula is C9H9ClN2O. The number of hydrogen-bond acceptors (Lipinski definition) is 1. The first-order valence-corrected chi connectivity index (χ1v) is 4.42. The normalized spacial score (nSPS) is 20.2. The van der Waals surface area contributed by atoms with Gasteiger partial charge in [0.2, 0.25) is 0 Å². The molecule has 1 aromatic rings. The highest BCUT2D eigenvalue weighted by Gasteiger charge is 2.21. The summed E-state index contributed by atoms with van der Waals surface area (Å²) in [4.78, 5) is 11.1. The van der Waals surface area contributed by atoms with Gasteiger partial charge in [0.05, 0.1) is 16.8 Å². The maximum atomic E-state index is 11.1. The summed E-state index contributed by atoms with van der Waals surface area (Å²) in [6, 6.07) is 5.39. The van der Waals surface area contributed by atoms with Crippen molar-refractivity contribution in [2.75, 3.05) is 5.32 Å². The van der Waals surface area contributed by atoms with Crippen LogP contribution in [0, 0.1) is 0 Å². The van der Waals surface area contributed by atoms with Crippen molar-refractivity contribution in [1.29, 1.82) is 0 Å². The molecule has 1 aliphatic heterocycles. The van der Waals surface area contributed by atoms with Crippen LogP contribution in [0.4, 0.5) is 10.5 Å². The number of hydrogen-bond donors (Lipinski definition) is 2. The number of rotatable bonds is 0. The number of carbonyl (C=O) groups excluding carboxylic acids is 1. The summed E-state index contributed by atoms with van der Waals surface area (Å²) in [6.45, 7) is 1.92. The highest BCUT2D eigenvalue weighted by molar-refractivity contribution is 6.34. The summed E-state index contributed by atoms with van der Waals surface area (Å²) in [6.07, 6.45) is 0. The van der Waals surface area contributed by atoms with Gasteiger partial charge in [0.15, 0.2) is 0 Å². The SMILES string of the molecule is CC1NC(=O)Nc2c(Cl)cccc21.